The van der Waals surface area contributed by atoms with Crippen LogP contribution >= 0.6 is 0 Å². The Hall–Kier alpha value is -3.99. The van der Waals surface area contributed by atoms with Gasteiger partial charge in [-0.1, -0.05) is 30.3 Å². The van der Waals surface area contributed by atoms with E-state index in [1.807, 2.05) is 30.3 Å². The predicted molar refractivity (Wildman–Crippen MR) is 128 cm³/mol. The van der Waals surface area contributed by atoms with Crippen LogP contribution in [-0.4, -0.2) is 21.4 Å². The minimum Gasteiger partial charge on any atom is -0.494 e. The van der Waals surface area contributed by atoms with E-state index >= 15 is 0 Å². The van der Waals surface area contributed by atoms with E-state index in [-0.39, 0.29) is 30.7 Å². The molecule has 2 bridgehead atoms. The van der Waals surface area contributed by atoms with E-state index in [1.165, 1.54) is 12.1 Å². The molecule has 0 radical (unpaired) electrons. The summed E-state index contributed by atoms with van der Waals surface area (Å²) in [5, 5.41) is 41.0. The van der Waals surface area contributed by atoms with E-state index in [2.05, 4.69) is 6.07 Å². The minimum atomic E-state index is -4.81. The maximum atomic E-state index is 13.6. The van der Waals surface area contributed by atoms with Gasteiger partial charge in [0.25, 0.3) is 0 Å². The second kappa shape index (κ2) is 9.39. The third-order valence-corrected chi connectivity index (χ3v) is 7.45. The molecule has 38 heavy (non-hydrogen) atoms. The van der Waals surface area contributed by atoms with Crippen molar-refractivity contribution in [2.45, 2.75) is 56.1 Å². The van der Waals surface area contributed by atoms with Gasteiger partial charge in [0, 0.05) is 12.8 Å². The van der Waals surface area contributed by atoms with Crippen molar-refractivity contribution in [3.8, 4) is 29.6 Å². The SMILES string of the molecule is N#CCCC12CCC(CCOCc3ccccc3)(O1)c1c2c(O)n(-c2ccc(C#N)c(C(F)(F)F)c2)c1O. The lowest BCUT2D eigenvalue weighted by Crippen LogP contribution is -2.25. The molecule has 1 saturated heterocycles. The van der Waals surface area contributed by atoms with Crippen molar-refractivity contribution >= 4 is 0 Å². The third kappa shape index (κ3) is 4.07. The van der Waals surface area contributed by atoms with Crippen molar-refractivity contribution in [2.75, 3.05) is 6.61 Å². The lowest BCUT2D eigenvalue weighted by atomic mass is 9.75. The smallest absolute Gasteiger partial charge is 0.417 e. The van der Waals surface area contributed by atoms with Crippen LogP contribution in [0.3, 0.4) is 0 Å². The molecule has 0 amide bonds. The Morgan fingerprint density at radius 2 is 1.63 bits per heavy atom. The Kier molecular flexibility index (Phi) is 6.34. The number of rotatable bonds is 8. The highest BCUT2D eigenvalue weighted by molar-refractivity contribution is 5.62. The Balaban J connectivity index is 1.54. The number of alkyl halides is 3. The number of hydrogen-bond donors (Lipinski definition) is 2. The molecule has 196 valence electrons. The van der Waals surface area contributed by atoms with Gasteiger partial charge >= 0.3 is 6.18 Å². The van der Waals surface area contributed by atoms with Crippen molar-refractivity contribution in [3.63, 3.8) is 0 Å². The highest BCUT2D eigenvalue weighted by atomic mass is 19.4. The highest BCUT2D eigenvalue weighted by Crippen LogP contribution is 2.67. The van der Waals surface area contributed by atoms with E-state index in [1.54, 1.807) is 0 Å². The molecule has 2 aromatic carbocycles. The van der Waals surface area contributed by atoms with E-state index in [0.717, 1.165) is 22.3 Å². The van der Waals surface area contributed by atoms with Crippen LogP contribution in [-0.2, 0) is 33.5 Å². The van der Waals surface area contributed by atoms with Crippen LogP contribution in [0.25, 0.3) is 5.69 Å². The second-order valence-corrected chi connectivity index (χ2v) is 9.61. The summed E-state index contributed by atoms with van der Waals surface area (Å²) in [4.78, 5) is 0. The third-order valence-electron chi connectivity index (χ3n) is 7.45. The monoisotopic (exact) mass is 523 g/mol. The number of hydrogen-bond acceptors (Lipinski definition) is 6. The molecule has 2 atom stereocenters. The van der Waals surface area contributed by atoms with Gasteiger partial charge in [-0.3, -0.25) is 4.57 Å². The molecule has 1 aromatic heterocycles. The molecule has 0 saturated carbocycles. The first-order chi connectivity index (χ1) is 18.2. The van der Waals surface area contributed by atoms with Crippen LogP contribution in [0.5, 0.6) is 11.8 Å². The Morgan fingerprint density at radius 1 is 0.974 bits per heavy atom. The highest BCUT2D eigenvalue weighted by Gasteiger charge is 2.63. The lowest BCUT2D eigenvalue weighted by molar-refractivity contribution is -0.137. The molecule has 1 fully saturated rings. The maximum Gasteiger partial charge on any atom is 0.417 e. The zero-order valence-electron chi connectivity index (χ0n) is 20.3. The first-order valence-electron chi connectivity index (χ1n) is 12.1. The molecular formula is C28H24F3N3O4. The molecule has 2 unspecified atom stereocenters. The number of ether oxygens (including phenoxy) is 2. The number of aromatic nitrogens is 1. The van der Waals surface area contributed by atoms with Crippen LogP contribution in [0.1, 0.15) is 59.9 Å². The van der Waals surface area contributed by atoms with Gasteiger partial charge in [0.15, 0.2) is 0 Å². The van der Waals surface area contributed by atoms with E-state index < -0.39 is 40.3 Å². The normalized spacial score (nSPS) is 21.7. The molecule has 0 aliphatic carbocycles. The minimum absolute atomic E-state index is 0.125. The van der Waals surface area contributed by atoms with Crippen molar-refractivity contribution < 1.29 is 32.9 Å². The number of benzene rings is 2. The summed E-state index contributed by atoms with van der Waals surface area (Å²) in [7, 11) is 0. The standard InChI is InChI=1S/C28H24F3N3O4/c29-28(30,31)21-15-20(8-7-19(21)16-33)34-24(35)22-23(25(34)36)27(11-10-26(22,38-27)9-4-13-32)12-14-37-17-18-5-2-1-3-6-18/h1-3,5-8,15,35-36H,4,9-12,14,17H2. The van der Waals surface area contributed by atoms with Crippen molar-refractivity contribution in [3.05, 3.63) is 76.3 Å². The zero-order chi connectivity index (χ0) is 27.1. The van der Waals surface area contributed by atoms with Gasteiger partial charge in [-0.05, 0) is 43.0 Å². The Bertz CT molecular complexity index is 1460. The van der Waals surface area contributed by atoms with E-state index in [0.29, 0.717) is 31.4 Å². The summed E-state index contributed by atoms with van der Waals surface area (Å²) < 4.78 is 54.2. The van der Waals surface area contributed by atoms with Gasteiger partial charge in [0.1, 0.15) is 11.2 Å². The van der Waals surface area contributed by atoms with Crippen molar-refractivity contribution in [1.29, 1.82) is 10.5 Å². The molecule has 7 nitrogen and oxygen atoms in total. The average Bonchev–Trinajstić information content (AvgIpc) is 3.51. The van der Waals surface area contributed by atoms with Crippen LogP contribution in [0.2, 0.25) is 0 Å². The Labute approximate surface area is 216 Å². The Morgan fingerprint density at radius 3 is 2.24 bits per heavy atom. The van der Waals surface area contributed by atoms with Gasteiger partial charge < -0.3 is 19.7 Å². The molecule has 10 heteroatoms. The first-order valence-corrected chi connectivity index (χ1v) is 12.1. The summed E-state index contributed by atoms with van der Waals surface area (Å²) in [6.45, 7) is 0.635. The molecule has 5 rings (SSSR count). The number of nitriles is 2. The summed E-state index contributed by atoms with van der Waals surface area (Å²) in [5.74, 6) is -0.878. The van der Waals surface area contributed by atoms with Gasteiger partial charge in [-0.2, -0.15) is 23.7 Å². The summed E-state index contributed by atoms with van der Waals surface area (Å²) in [6.07, 6.45) is -3.15. The topological polar surface area (TPSA) is 111 Å². The largest absolute Gasteiger partial charge is 0.494 e. The summed E-state index contributed by atoms with van der Waals surface area (Å²) in [6, 6.07) is 16.2. The van der Waals surface area contributed by atoms with E-state index in [4.69, 9.17) is 14.7 Å². The van der Waals surface area contributed by atoms with Gasteiger partial charge in [0.2, 0.25) is 11.8 Å². The van der Waals surface area contributed by atoms with Crippen molar-refractivity contribution in [2.24, 2.45) is 0 Å². The molecule has 0 spiro atoms. The predicted octanol–water partition coefficient (Wildman–Crippen LogP) is 5.90. The summed E-state index contributed by atoms with van der Waals surface area (Å²) in [5.41, 5.74) is -2.40. The quantitative estimate of drug-likeness (QED) is 0.356. The average molecular weight is 524 g/mol. The number of aromatic hydroxyl groups is 2. The van der Waals surface area contributed by atoms with Gasteiger partial charge in [-0.25, -0.2) is 0 Å². The van der Waals surface area contributed by atoms with Crippen molar-refractivity contribution in [1.82, 2.24) is 4.57 Å². The lowest BCUT2D eigenvalue weighted by Gasteiger charge is -2.27. The number of fused-ring (bicyclic) bond motifs is 5. The van der Waals surface area contributed by atoms with Crippen LogP contribution < -0.4 is 0 Å². The van der Waals surface area contributed by atoms with Crippen LogP contribution in [0, 0.1) is 22.7 Å². The molecule has 2 N–H and O–H groups in total. The van der Waals surface area contributed by atoms with E-state index in [9.17, 15) is 28.6 Å². The first kappa shape index (κ1) is 25.7. The molecule has 2 aliphatic heterocycles. The maximum absolute atomic E-state index is 13.6. The van der Waals surface area contributed by atoms with Crippen LogP contribution in [0.15, 0.2) is 48.5 Å². The zero-order valence-corrected chi connectivity index (χ0v) is 20.3. The fourth-order valence-electron chi connectivity index (χ4n) is 5.75. The number of halogens is 3. The van der Waals surface area contributed by atoms with Crippen LogP contribution in [0.4, 0.5) is 13.2 Å². The second-order valence-electron chi connectivity index (χ2n) is 9.61. The molecule has 3 heterocycles. The fraction of sp³-hybridized carbons (Fsp3) is 0.357. The molecule has 3 aromatic rings. The fourth-order valence-corrected chi connectivity index (χ4v) is 5.75. The van der Waals surface area contributed by atoms with Gasteiger partial charge in [0.05, 0.1) is 53.3 Å². The molecule has 2 aliphatic rings. The molecular weight excluding hydrogens is 499 g/mol. The summed E-state index contributed by atoms with van der Waals surface area (Å²) >= 11 is 0. The van der Waals surface area contributed by atoms with Gasteiger partial charge in [-0.15, -0.1) is 0 Å². The number of nitrogens with zero attached hydrogens (tertiary/aromatic N) is 3.